The Morgan fingerprint density at radius 3 is 2.71 bits per heavy atom. The Morgan fingerprint density at radius 2 is 1.92 bits per heavy atom. The number of hydrogen-bond acceptors (Lipinski definition) is 4. The summed E-state index contributed by atoms with van der Waals surface area (Å²) in [5, 5.41) is 0. The van der Waals surface area contributed by atoms with Crippen LogP contribution in [-0.2, 0) is 13.6 Å². The first-order valence-corrected chi connectivity index (χ1v) is 9.09. The summed E-state index contributed by atoms with van der Waals surface area (Å²) in [4.78, 5) is 16.9. The molecule has 1 aromatic carbocycles. The fourth-order valence-electron chi connectivity index (χ4n) is 4.64. The Hall–Kier alpha value is -1.59. The van der Waals surface area contributed by atoms with Crippen LogP contribution in [0.5, 0.6) is 0 Å². The van der Waals surface area contributed by atoms with Crippen molar-refractivity contribution in [3.05, 3.63) is 34.3 Å². The molecule has 0 bridgehead atoms. The molecule has 0 atom stereocenters. The van der Waals surface area contributed by atoms with Crippen molar-refractivity contribution in [1.29, 1.82) is 0 Å². The third-order valence-electron chi connectivity index (χ3n) is 6.00. The summed E-state index contributed by atoms with van der Waals surface area (Å²) in [5.74, 6) is -0.287. The summed E-state index contributed by atoms with van der Waals surface area (Å²) in [6.45, 7) is 4.37. The van der Waals surface area contributed by atoms with E-state index in [-0.39, 0.29) is 5.76 Å². The van der Waals surface area contributed by atoms with Gasteiger partial charge in [0, 0.05) is 38.8 Å². The molecule has 5 nitrogen and oxygen atoms in total. The molecule has 2 aliphatic rings. The minimum Gasteiger partial charge on any atom is -0.408 e. The molecular weight excluding hydrogens is 302 g/mol. The van der Waals surface area contributed by atoms with Gasteiger partial charge in [0.2, 0.25) is 0 Å². The predicted molar refractivity (Wildman–Crippen MR) is 95.2 cm³/mol. The Kier molecular flexibility index (Phi) is 4.01. The van der Waals surface area contributed by atoms with Crippen molar-refractivity contribution >= 4 is 11.1 Å². The third kappa shape index (κ3) is 2.70. The number of rotatable bonds is 2. The van der Waals surface area contributed by atoms with Crippen LogP contribution in [0.15, 0.2) is 27.4 Å². The number of oxazole rings is 1. The number of aromatic nitrogens is 1. The molecule has 4 rings (SSSR count). The van der Waals surface area contributed by atoms with E-state index in [2.05, 4.69) is 22.9 Å². The van der Waals surface area contributed by atoms with E-state index in [0.29, 0.717) is 11.1 Å². The maximum atomic E-state index is 11.7. The molecule has 1 saturated carbocycles. The van der Waals surface area contributed by atoms with Crippen molar-refractivity contribution in [3.63, 3.8) is 0 Å². The number of fused-ring (bicyclic) bond motifs is 1. The molecule has 1 aliphatic carbocycles. The molecule has 24 heavy (non-hydrogen) atoms. The van der Waals surface area contributed by atoms with E-state index >= 15 is 0 Å². The quantitative estimate of drug-likeness (QED) is 0.849. The van der Waals surface area contributed by atoms with Crippen LogP contribution >= 0.6 is 0 Å². The minimum atomic E-state index is -0.287. The van der Waals surface area contributed by atoms with Gasteiger partial charge in [-0.1, -0.05) is 25.3 Å². The van der Waals surface area contributed by atoms with E-state index < -0.39 is 0 Å². The molecule has 2 aromatic rings. The van der Waals surface area contributed by atoms with Gasteiger partial charge in [0.1, 0.15) is 0 Å². The van der Waals surface area contributed by atoms with Gasteiger partial charge >= 0.3 is 5.76 Å². The summed E-state index contributed by atoms with van der Waals surface area (Å²) >= 11 is 0. The Labute approximate surface area is 142 Å². The zero-order valence-corrected chi connectivity index (χ0v) is 14.8. The minimum absolute atomic E-state index is 0.287. The highest BCUT2D eigenvalue weighted by Crippen LogP contribution is 2.37. The van der Waals surface area contributed by atoms with Crippen LogP contribution in [0.25, 0.3) is 11.1 Å². The summed E-state index contributed by atoms with van der Waals surface area (Å²) in [7, 11) is 4.00. The molecule has 0 N–H and O–H groups in total. The molecule has 1 saturated heterocycles. The highest BCUT2D eigenvalue weighted by molar-refractivity contribution is 5.73. The molecule has 1 aromatic heterocycles. The standard InChI is InChI=1S/C19H27N3O2/c1-20-10-11-22(19(14-20)8-4-3-5-9-19)13-15-6-7-16-17(12-15)24-18(23)21(16)2/h6-7,12H,3-5,8-11,13-14H2,1-2H3. The topological polar surface area (TPSA) is 41.6 Å². The monoisotopic (exact) mass is 329 g/mol. The molecule has 2 heterocycles. The van der Waals surface area contributed by atoms with Gasteiger partial charge in [-0.3, -0.25) is 9.47 Å². The van der Waals surface area contributed by atoms with Crippen LogP contribution in [0.4, 0.5) is 0 Å². The maximum Gasteiger partial charge on any atom is 0.419 e. The first-order valence-electron chi connectivity index (χ1n) is 9.09. The molecular formula is C19H27N3O2. The average molecular weight is 329 g/mol. The van der Waals surface area contributed by atoms with Gasteiger partial charge in [0.05, 0.1) is 5.52 Å². The molecule has 130 valence electrons. The number of nitrogens with zero attached hydrogens (tertiary/aromatic N) is 3. The SMILES string of the molecule is CN1CCN(Cc2ccc3c(c2)oc(=O)n3C)C2(CCCCC2)C1. The summed E-state index contributed by atoms with van der Waals surface area (Å²) in [6, 6.07) is 6.21. The van der Waals surface area contributed by atoms with Gasteiger partial charge in [0.15, 0.2) is 5.58 Å². The summed E-state index contributed by atoms with van der Waals surface area (Å²) in [5.41, 5.74) is 3.14. The zero-order chi connectivity index (χ0) is 16.7. The zero-order valence-electron chi connectivity index (χ0n) is 14.8. The van der Waals surface area contributed by atoms with E-state index in [0.717, 1.165) is 25.2 Å². The van der Waals surface area contributed by atoms with Gasteiger partial charge < -0.3 is 9.32 Å². The van der Waals surface area contributed by atoms with E-state index in [4.69, 9.17) is 4.42 Å². The van der Waals surface area contributed by atoms with E-state index in [1.54, 1.807) is 11.6 Å². The van der Waals surface area contributed by atoms with Crippen LogP contribution < -0.4 is 5.76 Å². The molecule has 0 radical (unpaired) electrons. The fraction of sp³-hybridized carbons (Fsp3) is 0.632. The third-order valence-corrected chi connectivity index (χ3v) is 6.00. The molecule has 5 heteroatoms. The van der Waals surface area contributed by atoms with E-state index in [1.807, 2.05) is 12.1 Å². The van der Waals surface area contributed by atoms with E-state index in [9.17, 15) is 4.79 Å². The van der Waals surface area contributed by atoms with Crippen LogP contribution in [0.3, 0.4) is 0 Å². The molecule has 2 fully saturated rings. The molecule has 0 unspecified atom stereocenters. The van der Waals surface area contributed by atoms with Crippen LogP contribution in [0, 0.1) is 0 Å². The second kappa shape index (κ2) is 6.05. The number of hydrogen-bond donors (Lipinski definition) is 0. The summed E-state index contributed by atoms with van der Waals surface area (Å²) in [6.07, 6.45) is 6.67. The van der Waals surface area contributed by atoms with Gasteiger partial charge in [-0.2, -0.15) is 0 Å². The van der Waals surface area contributed by atoms with Crippen molar-refractivity contribution in [2.24, 2.45) is 7.05 Å². The predicted octanol–water partition coefficient (Wildman–Crippen LogP) is 2.58. The van der Waals surface area contributed by atoms with Crippen molar-refractivity contribution < 1.29 is 4.42 Å². The highest BCUT2D eigenvalue weighted by Gasteiger charge is 2.41. The van der Waals surface area contributed by atoms with Gasteiger partial charge in [-0.15, -0.1) is 0 Å². The number of aryl methyl sites for hydroxylation is 1. The first kappa shape index (κ1) is 15.9. The fourth-order valence-corrected chi connectivity index (χ4v) is 4.64. The maximum absolute atomic E-state index is 11.7. The number of benzene rings is 1. The van der Waals surface area contributed by atoms with Crippen molar-refractivity contribution in [3.8, 4) is 0 Å². The second-order valence-corrected chi connectivity index (χ2v) is 7.67. The Bertz CT molecular complexity index is 785. The Morgan fingerprint density at radius 1 is 1.12 bits per heavy atom. The van der Waals surface area contributed by atoms with E-state index in [1.165, 1.54) is 44.2 Å². The second-order valence-electron chi connectivity index (χ2n) is 7.67. The lowest BCUT2D eigenvalue weighted by Crippen LogP contribution is -2.61. The van der Waals surface area contributed by atoms with Crippen molar-refractivity contribution in [1.82, 2.24) is 14.4 Å². The van der Waals surface area contributed by atoms with Crippen LogP contribution in [0.1, 0.15) is 37.7 Å². The average Bonchev–Trinajstić information content (AvgIpc) is 2.85. The lowest BCUT2D eigenvalue weighted by Gasteiger charge is -2.52. The lowest BCUT2D eigenvalue weighted by atomic mass is 9.78. The molecule has 1 aliphatic heterocycles. The van der Waals surface area contributed by atoms with Gasteiger partial charge in [-0.05, 0) is 37.6 Å². The van der Waals surface area contributed by atoms with Gasteiger partial charge in [-0.25, -0.2) is 4.79 Å². The summed E-state index contributed by atoms with van der Waals surface area (Å²) < 4.78 is 6.93. The molecule has 1 spiro atoms. The first-order chi connectivity index (χ1) is 11.6. The van der Waals surface area contributed by atoms with Crippen LogP contribution in [-0.4, -0.2) is 46.6 Å². The number of likely N-dealkylation sites (N-methyl/N-ethyl adjacent to an activating group) is 1. The van der Waals surface area contributed by atoms with Crippen molar-refractivity contribution in [2.75, 3.05) is 26.7 Å². The Balaban J connectivity index is 1.62. The van der Waals surface area contributed by atoms with Gasteiger partial charge in [0.25, 0.3) is 0 Å². The highest BCUT2D eigenvalue weighted by atomic mass is 16.4. The van der Waals surface area contributed by atoms with Crippen LogP contribution in [0.2, 0.25) is 0 Å². The lowest BCUT2D eigenvalue weighted by molar-refractivity contribution is -0.0238. The van der Waals surface area contributed by atoms with Crippen molar-refractivity contribution in [2.45, 2.75) is 44.2 Å². The molecule has 0 amide bonds. The number of piperazine rings is 1. The largest absolute Gasteiger partial charge is 0.419 e. The smallest absolute Gasteiger partial charge is 0.408 e. The normalized spacial score (nSPS) is 22.4.